The molecule has 0 bridgehead atoms. The van der Waals surface area contributed by atoms with Crippen LogP contribution in [0.3, 0.4) is 0 Å². The number of anilines is 1. The van der Waals surface area contributed by atoms with Gasteiger partial charge in [0, 0.05) is 16.5 Å². The highest BCUT2D eigenvalue weighted by Gasteiger charge is 2.26. The van der Waals surface area contributed by atoms with Gasteiger partial charge in [0.15, 0.2) is 0 Å². The van der Waals surface area contributed by atoms with Crippen molar-refractivity contribution in [2.75, 3.05) is 18.5 Å². The first-order valence-electron chi connectivity index (χ1n) is 9.89. The number of aryl methyl sites for hydroxylation is 1. The summed E-state index contributed by atoms with van der Waals surface area (Å²) in [7, 11) is 0. The standard InChI is InChI=1S/C23H23NO4S/c1-2-27-23(26)21-17-8-4-6-10-19(17)29-22(21)24-20(25)12-11-15-13-16-7-3-5-9-18(16)28-14-15/h3,5,7,9,11-13H,2,4,6,8,10,14H2,1H3,(H,24,25). The molecule has 1 N–H and O–H groups in total. The third-order valence-corrected chi connectivity index (χ3v) is 6.20. The third kappa shape index (κ3) is 4.27. The molecule has 1 aliphatic carbocycles. The maximum absolute atomic E-state index is 12.5. The van der Waals surface area contributed by atoms with Gasteiger partial charge in [-0.2, -0.15) is 0 Å². The lowest BCUT2D eigenvalue weighted by molar-refractivity contribution is -0.111. The Bertz CT molecular complexity index is 1000. The number of carbonyl (C=O) groups excluding carboxylic acids is 2. The van der Waals surface area contributed by atoms with Crippen molar-refractivity contribution < 1.29 is 19.1 Å². The Labute approximate surface area is 174 Å². The fourth-order valence-electron chi connectivity index (χ4n) is 3.64. The third-order valence-electron chi connectivity index (χ3n) is 4.99. The molecule has 0 saturated carbocycles. The molecule has 2 aliphatic rings. The van der Waals surface area contributed by atoms with Crippen molar-refractivity contribution in [3.05, 3.63) is 63.6 Å². The fraction of sp³-hybridized carbons (Fsp3) is 0.304. The smallest absolute Gasteiger partial charge is 0.341 e. The second kappa shape index (κ2) is 8.66. The summed E-state index contributed by atoms with van der Waals surface area (Å²) in [5.74, 6) is 0.220. The molecule has 1 aromatic carbocycles. The van der Waals surface area contributed by atoms with Crippen molar-refractivity contribution >= 4 is 34.3 Å². The summed E-state index contributed by atoms with van der Waals surface area (Å²) in [6.45, 7) is 2.52. The molecule has 0 spiro atoms. The lowest BCUT2D eigenvalue weighted by Gasteiger charge is -2.15. The summed E-state index contributed by atoms with van der Waals surface area (Å²) >= 11 is 1.49. The quantitative estimate of drug-likeness (QED) is 0.570. The minimum Gasteiger partial charge on any atom is -0.488 e. The topological polar surface area (TPSA) is 64.6 Å². The second-order valence-corrected chi connectivity index (χ2v) is 8.11. The molecule has 29 heavy (non-hydrogen) atoms. The van der Waals surface area contributed by atoms with Crippen LogP contribution in [0.1, 0.15) is 46.1 Å². The van der Waals surface area contributed by atoms with Crippen molar-refractivity contribution in [3.8, 4) is 5.75 Å². The number of ether oxygens (including phenoxy) is 2. The van der Waals surface area contributed by atoms with Crippen molar-refractivity contribution in [1.82, 2.24) is 0 Å². The summed E-state index contributed by atoms with van der Waals surface area (Å²) < 4.78 is 10.9. The van der Waals surface area contributed by atoms with Crippen molar-refractivity contribution in [3.63, 3.8) is 0 Å². The highest BCUT2D eigenvalue weighted by Crippen LogP contribution is 2.38. The van der Waals surface area contributed by atoms with Gasteiger partial charge >= 0.3 is 5.97 Å². The van der Waals surface area contributed by atoms with E-state index in [1.807, 2.05) is 30.3 Å². The van der Waals surface area contributed by atoms with E-state index in [-0.39, 0.29) is 11.9 Å². The number of fused-ring (bicyclic) bond motifs is 2. The molecule has 5 nitrogen and oxygen atoms in total. The van der Waals surface area contributed by atoms with E-state index in [2.05, 4.69) is 5.32 Å². The highest BCUT2D eigenvalue weighted by atomic mass is 32.1. The number of benzene rings is 1. The van der Waals surface area contributed by atoms with Gasteiger partial charge in [-0.05, 0) is 55.9 Å². The van der Waals surface area contributed by atoms with Gasteiger partial charge in [0.1, 0.15) is 17.4 Å². The minimum absolute atomic E-state index is 0.270. The van der Waals surface area contributed by atoms with Crippen LogP contribution >= 0.6 is 11.3 Å². The van der Waals surface area contributed by atoms with E-state index in [0.29, 0.717) is 23.8 Å². The Morgan fingerprint density at radius 2 is 2.07 bits per heavy atom. The van der Waals surface area contributed by atoms with Crippen LogP contribution in [-0.4, -0.2) is 25.1 Å². The van der Waals surface area contributed by atoms with Gasteiger partial charge in [-0.15, -0.1) is 11.3 Å². The molecular formula is C23H23NO4S. The molecule has 0 saturated heterocycles. The Hall–Kier alpha value is -2.86. The maximum Gasteiger partial charge on any atom is 0.341 e. The van der Waals surface area contributed by atoms with E-state index < -0.39 is 0 Å². The molecule has 1 amide bonds. The number of hydrogen-bond donors (Lipinski definition) is 1. The predicted octanol–water partition coefficient (Wildman–Crippen LogP) is 4.77. The Morgan fingerprint density at radius 3 is 2.93 bits per heavy atom. The normalized spacial score (nSPS) is 15.1. The van der Waals surface area contributed by atoms with Crippen molar-refractivity contribution in [2.45, 2.75) is 32.6 Å². The summed E-state index contributed by atoms with van der Waals surface area (Å²) in [5.41, 5.74) is 3.48. The first-order valence-corrected chi connectivity index (χ1v) is 10.7. The van der Waals surface area contributed by atoms with E-state index in [1.54, 1.807) is 13.0 Å². The van der Waals surface area contributed by atoms with E-state index in [4.69, 9.17) is 9.47 Å². The van der Waals surface area contributed by atoms with Gasteiger partial charge in [-0.1, -0.05) is 24.3 Å². The molecule has 2 heterocycles. The molecular weight excluding hydrogens is 386 g/mol. The largest absolute Gasteiger partial charge is 0.488 e. The first-order chi connectivity index (χ1) is 14.2. The fourth-order valence-corrected chi connectivity index (χ4v) is 4.92. The van der Waals surface area contributed by atoms with Crippen LogP contribution in [0.15, 0.2) is 42.0 Å². The van der Waals surface area contributed by atoms with Crippen LogP contribution in [0, 0.1) is 0 Å². The molecule has 0 atom stereocenters. The zero-order valence-electron chi connectivity index (χ0n) is 16.3. The van der Waals surface area contributed by atoms with E-state index >= 15 is 0 Å². The maximum atomic E-state index is 12.5. The summed E-state index contributed by atoms with van der Waals surface area (Å²) in [6.07, 6.45) is 9.21. The van der Waals surface area contributed by atoms with E-state index in [0.717, 1.165) is 48.1 Å². The number of para-hydroxylation sites is 1. The lowest BCUT2D eigenvalue weighted by atomic mass is 9.95. The van der Waals surface area contributed by atoms with Crippen LogP contribution in [-0.2, 0) is 22.4 Å². The zero-order chi connectivity index (χ0) is 20.2. The molecule has 6 heteroatoms. The first kappa shape index (κ1) is 19.5. The zero-order valence-corrected chi connectivity index (χ0v) is 17.1. The number of thiophene rings is 1. The molecule has 0 fully saturated rings. The SMILES string of the molecule is CCOC(=O)c1c(NC(=O)C=CC2=Cc3ccccc3OC2)sc2c1CCCC2. The molecule has 2 aromatic rings. The highest BCUT2D eigenvalue weighted by molar-refractivity contribution is 7.17. The summed E-state index contributed by atoms with van der Waals surface area (Å²) in [6, 6.07) is 7.79. The van der Waals surface area contributed by atoms with Gasteiger partial charge in [0.05, 0.1) is 12.2 Å². The molecule has 0 unspecified atom stereocenters. The van der Waals surface area contributed by atoms with Gasteiger partial charge in [0.25, 0.3) is 0 Å². The number of esters is 1. The van der Waals surface area contributed by atoms with Gasteiger partial charge in [0.2, 0.25) is 5.91 Å². The number of carbonyl (C=O) groups is 2. The van der Waals surface area contributed by atoms with Gasteiger partial charge < -0.3 is 14.8 Å². The average Bonchev–Trinajstić information content (AvgIpc) is 3.10. The number of hydrogen-bond acceptors (Lipinski definition) is 5. The Kier molecular flexibility index (Phi) is 5.81. The molecule has 4 rings (SSSR count). The van der Waals surface area contributed by atoms with Crippen LogP contribution in [0.2, 0.25) is 0 Å². The van der Waals surface area contributed by atoms with Crippen LogP contribution < -0.4 is 10.1 Å². The van der Waals surface area contributed by atoms with Crippen LogP contribution in [0.5, 0.6) is 5.75 Å². The van der Waals surface area contributed by atoms with Crippen LogP contribution in [0.4, 0.5) is 5.00 Å². The number of rotatable bonds is 5. The molecule has 150 valence electrons. The van der Waals surface area contributed by atoms with Gasteiger partial charge in [-0.25, -0.2) is 4.79 Å². The van der Waals surface area contributed by atoms with Crippen molar-refractivity contribution in [1.29, 1.82) is 0 Å². The number of nitrogens with one attached hydrogen (secondary N) is 1. The summed E-state index contributed by atoms with van der Waals surface area (Å²) in [4.78, 5) is 26.2. The summed E-state index contributed by atoms with van der Waals surface area (Å²) in [5, 5.41) is 3.48. The molecule has 1 aromatic heterocycles. The lowest BCUT2D eigenvalue weighted by Crippen LogP contribution is -2.14. The van der Waals surface area contributed by atoms with E-state index in [1.165, 1.54) is 22.3 Å². The van der Waals surface area contributed by atoms with E-state index in [9.17, 15) is 9.59 Å². The Balaban J connectivity index is 1.51. The Morgan fingerprint density at radius 1 is 1.24 bits per heavy atom. The van der Waals surface area contributed by atoms with Crippen LogP contribution in [0.25, 0.3) is 6.08 Å². The molecule has 1 aliphatic heterocycles. The minimum atomic E-state index is -0.355. The molecule has 0 radical (unpaired) electrons. The van der Waals surface area contributed by atoms with Gasteiger partial charge in [-0.3, -0.25) is 4.79 Å². The monoisotopic (exact) mass is 409 g/mol. The predicted molar refractivity (Wildman–Crippen MR) is 115 cm³/mol. The average molecular weight is 410 g/mol. The number of amides is 1. The van der Waals surface area contributed by atoms with Crippen molar-refractivity contribution in [2.24, 2.45) is 0 Å². The second-order valence-electron chi connectivity index (χ2n) is 7.00.